The van der Waals surface area contributed by atoms with Gasteiger partial charge in [-0.2, -0.15) is 0 Å². The van der Waals surface area contributed by atoms with Crippen LogP contribution in [0.2, 0.25) is 0 Å². The van der Waals surface area contributed by atoms with E-state index in [1.807, 2.05) is 37.3 Å². The zero-order valence-electron chi connectivity index (χ0n) is 12.7. The summed E-state index contributed by atoms with van der Waals surface area (Å²) in [6.07, 6.45) is 0. The first kappa shape index (κ1) is 15.3. The van der Waals surface area contributed by atoms with E-state index in [9.17, 15) is 9.90 Å². The highest BCUT2D eigenvalue weighted by molar-refractivity contribution is 7.15. The third kappa shape index (κ3) is 2.85. The summed E-state index contributed by atoms with van der Waals surface area (Å²) in [7, 11) is 1.64. The van der Waals surface area contributed by atoms with Gasteiger partial charge in [0.15, 0.2) is 10.8 Å². The van der Waals surface area contributed by atoms with Crippen LogP contribution >= 0.6 is 11.3 Å². The number of aromatic nitrogens is 1. The lowest BCUT2D eigenvalue weighted by Gasteiger charge is -2.12. The van der Waals surface area contributed by atoms with E-state index in [1.54, 1.807) is 7.11 Å². The molecule has 2 aromatic carbocycles. The summed E-state index contributed by atoms with van der Waals surface area (Å²) < 4.78 is 5.23. The number of carboxylic acid groups (broad SMARTS) is 1. The van der Waals surface area contributed by atoms with Crippen LogP contribution < -0.4 is 10.5 Å². The van der Waals surface area contributed by atoms with Crippen molar-refractivity contribution in [2.75, 3.05) is 12.8 Å². The molecule has 0 radical (unpaired) electrons. The Morgan fingerprint density at radius 1 is 1.26 bits per heavy atom. The average Bonchev–Trinajstić information content (AvgIpc) is 2.95. The highest BCUT2D eigenvalue weighted by Gasteiger charge is 2.22. The van der Waals surface area contributed by atoms with Gasteiger partial charge in [-0.3, -0.25) is 0 Å². The Balaban J connectivity index is 2.04. The average molecular weight is 328 g/mol. The molecule has 0 saturated heterocycles. The van der Waals surface area contributed by atoms with Crippen LogP contribution in [-0.2, 0) is 0 Å². The second-order valence-electron chi connectivity index (χ2n) is 5.26. The lowest BCUT2D eigenvalue weighted by Crippen LogP contribution is -2.04. The van der Waals surface area contributed by atoms with Gasteiger partial charge in [0.25, 0.3) is 0 Å². The molecule has 0 aliphatic heterocycles. The Morgan fingerprint density at radius 2 is 1.96 bits per heavy atom. The Labute approximate surface area is 137 Å². The number of thiazole rings is 1. The summed E-state index contributed by atoms with van der Waals surface area (Å²) in [6.45, 7) is 1.96. The molecule has 118 valence electrons. The Hall–Kier alpha value is -2.60. The fourth-order valence-corrected chi connectivity index (χ4v) is 3.49. The van der Waals surface area contributed by atoms with E-state index in [-0.39, 0.29) is 16.7 Å². The van der Waals surface area contributed by atoms with Crippen LogP contribution in [0.25, 0.3) is 10.8 Å². The maximum atomic E-state index is 11.3. The first-order chi connectivity index (χ1) is 11.0. The van der Waals surface area contributed by atoms with Crippen molar-refractivity contribution in [3.05, 3.63) is 52.5 Å². The van der Waals surface area contributed by atoms with Crippen molar-refractivity contribution < 1.29 is 14.6 Å². The maximum absolute atomic E-state index is 11.3. The van der Waals surface area contributed by atoms with Gasteiger partial charge in [0, 0.05) is 10.8 Å². The van der Waals surface area contributed by atoms with Gasteiger partial charge < -0.3 is 15.6 Å². The normalized spacial score (nSPS) is 12.3. The van der Waals surface area contributed by atoms with Gasteiger partial charge in [0.1, 0.15) is 5.75 Å². The number of nitrogen functional groups attached to an aromatic ring is 1. The van der Waals surface area contributed by atoms with Crippen molar-refractivity contribution in [1.82, 2.24) is 4.98 Å². The van der Waals surface area contributed by atoms with Gasteiger partial charge in [0.2, 0.25) is 0 Å². The number of hydrogen-bond donors (Lipinski definition) is 2. The molecule has 6 heteroatoms. The summed E-state index contributed by atoms with van der Waals surface area (Å²) in [4.78, 5) is 15.9. The van der Waals surface area contributed by atoms with Crippen molar-refractivity contribution in [3.63, 3.8) is 0 Å². The Morgan fingerprint density at radius 3 is 2.65 bits per heavy atom. The second-order valence-corrected chi connectivity index (χ2v) is 6.33. The molecule has 0 bridgehead atoms. The molecule has 3 rings (SSSR count). The third-order valence-electron chi connectivity index (χ3n) is 3.84. The number of methoxy groups -OCH3 is 1. The van der Waals surface area contributed by atoms with Gasteiger partial charge in [-0.25, -0.2) is 9.78 Å². The van der Waals surface area contributed by atoms with Gasteiger partial charge >= 0.3 is 5.97 Å². The molecule has 0 aliphatic rings. The highest BCUT2D eigenvalue weighted by Crippen LogP contribution is 2.34. The number of aromatic carboxylic acids is 1. The molecule has 0 unspecified atom stereocenters. The van der Waals surface area contributed by atoms with Crippen LogP contribution in [0.5, 0.6) is 5.75 Å². The van der Waals surface area contributed by atoms with Crippen LogP contribution in [0.4, 0.5) is 5.13 Å². The number of carboxylic acids is 1. The molecule has 1 atom stereocenters. The van der Waals surface area contributed by atoms with E-state index in [1.165, 1.54) is 11.3 Å². The number of rotatable bonds is 4. The zero-order valence-corrected chi connectivity index (χ0v) is 13.6. The van der Waals surface area contributed by atoms with Crippen LogP contribution in [0.1, 0.15) is 33.8 Å². The summed E-state index contributed by atoms with van der Waals surface area (Å²) in [5, 5.41) is 11.7. The third-order valence-corrected chi connectivity index (χ3v) is 4.90. The van der Waals surface area contributed by atoms with E-state index in [2.05, 4.69) is 11.1 Å². The van der Waals surface area contributed by atoms with Crippen molar-refractivity contribution in [3.8, 4) is 5.75 Å². The number of anilines is 1. The number of ether oxygens (including phenoxy) is 1. The summed E-state index contributed by atoms with van der Waals surface area (Å²) in [5.74, 6) is -0.339. The summed E-state index contributed by atoms with van der Waals surface area (Å²) in [6, 6.07) is 11.9. The smallest absolute Gasteiger partial charge is 0.355 e. The molecular weight excluding hydrogens is 312 g/mol. The van der Waals surface area contributed by atoms with Crippen LogP contribution in [0.3, 0.4) is 0 Å². The predicted molar refractivity (Wildman–Crippen MR) is 91.5 cm³/mol. The largest absolute Gasteiger partial charge is 0.497 e. The number of nitrogens with zero attached hydrogens (tertiary/aromatic N) is 1. The van der Waals surface area contributed by atoms with Crippen LogP contribution in [0, 0.1) is 0 Å². The molecule has 0 aliphatic carbocycles. The number of benzene rings is 2. The fraction of sp³-hybridized carbons (Fsp3) is 0.176. The number of nitrogens with two attached hydrogens (primary N) is 1. The fourth-order valence-electron chi connectivity index (χ4n) is 2.59. The van der Waals surface area contributed by atoms with E-state index < -0.39 is 5.97 Å². The van der Waals surface area contributed by atoms with Crippen molar-refractivity contribution >= 4 is 33.2 Å². The maximum Gasteiger partial charge on any atom is 0.355 e. The first-order valence-corrected chi connectivity index (χ1v) is 7.88. The SMILES string of the molecule is COc1ccc2cc([C@@H](C)c3sc(N)nc3C(=O)O)ccc2c1. The van der Waals surface area contributed by atoms with Gasteiger partial charge in [-0.05, 0) is 28.5 Å². The Kier molecular flexibility index (Phi) is 3.92. The molecule has 0 amide bonds. The van der Waals surface area contributed by atoms with Crippen molar-refractivity contribution in [2.45, 2.75) is 12.8 Å². The molecule has 23 heavy (non-hydrogen) atoms. The van der Waals surface area contributed by atoms with Gasteiger partial charge in [-0.1, -0.05) is 31.2 Å². The molecule has 0 fully saturated rings. The van der Waals surface area contributed by atoms with E-state index in [4.69, 9.17) is 10.5 Å². The minimum absolute atomic E-state index is 0.0369. The second kappa shape index (κ2) is 5.89. The molecule has 3 aromatic rings. The molecule has 3 N–H and O–H groups in total. The minimum Gasteiger partial charge on any atom is -0.497 e. The minimum atomic E-state index is -1.05. The van der Waals surface area contributed by atoms with Gasteiger partial charge in [0.05, 0.1) is 7.11 Å². The first-order valence-electron chi connectivity index (χ1n) is 7.07. The molecule has 0 saturated carbocycles. The quantitative estimate of drug-likeness (QED) is 0.762. The predicted octanol–water partition coefficient (Wildman–Crippen LogP) is 3.74. The number of fused-ring (bicyclic) bond motifs is 1. The van der Waals surface area contributed by atoms with E-state index in [0.29, 0.717) is 4.88 Å². The molecule has 1 heterocycles. The van der Waals surface area contributed by atoms with Crippen molar-refractivity contribution in [1.29, 1.82) is 0 Å². The molecule has 5 nitrogen and oxygen atoms in total. The molecule has 0 spiro atoms. The number of hydrogen-bond acceptors (Lipinski definition) is 5. The summed E-state index contributed by atoms with van der Waals surface area (Å²) in [5.41, 5.74) is 6.74. The monoisotopic (exact) mass is 328 g/mol. The lowest BCUT2D eigenvalue weighted by atomic mass is 9.95. The zero-order chi connectivity index (χ0) is 16.6. The standard InChI is InChI=1S/C17H16N2O3S/c1-9(15-14(16(20)21)19-17(18)23-15)10-3-4-12-8-13(22-2)6-5-11(12)7-10/h3-9H,1-2H3,(H2,18,19)(H,20,21)/t9-/m1/s1. The van der Waals surface area contributed by atoms with E-state index >= 15 is 0 Å². The lowest BCUT2D eigenvalue weighted by molar-refractivity contribution is 0.0690. The molecular formula is C17H16N2O3S. The topological polar surface area (TPSA) is 85.4 Å². The highest BCUT2D eigenvalue weighted by atomic mass is 32.1. The van der Waals surface area contributed by atoms with Crippen molar-refractivity contribution in [2.24, 2.45) is 0 Å². The molecule has 1 aromatic heterocycles. The van der Waals surface area contributed by atoms with Crippen LogP contribution in [0.15, 0.2) is 36.4 Å². The number of carbonyl (C=O) groups is 1. The van der Waals surface area contributed by atoms with Crippen LogP contribution in [-0.4, -0.2) is 23.2 Å². The Bertz CT molecular complexity index is 889. The van der Waals surface area contributed by atoms with E-state index in [0.717, 1.165) is 22.1 Å². The van der Waals surface area contributed by atoms with Gasteiger partial charge in [-0.15, -0.1) is 11.3 Å². The summed E-state index contributed by atoms with van der Waals surface area (Å²) >= 11 is 1.22.